The fourth-order valence-electron chi connectivity index (χ4n) is 3.44. The van der Waals surface area contributed by atoms with Gasteiger partial charge in [-0.25, -0.2) is 14.2 Å². The summed E-state index contributed by atoms with van der Waals surface area (Å²) in [4.78, 5) is 27.5. The van der Waals surface area contributed by atoms with E-state index in [0.717, 1.165) is 12.8 Å². The average molecular weight is 462 g/mol. The Balaban J connectivity index is 0.000000339. The zero-order valence-electron chi connectivity index (χ0n) is 15.9. The quantitative estimate of drug-likeness (QED) is 0.704. The number of thiophene rings is 1. The van der Waals surface area contributed by atoms with Crippen molar-refractivity contribution in [2.24, 2.45) is 0 Å². The van der Waals surface area contributed by atoms with E-state index in [4.69, 9.17) is 19.4 Å². The van der Waals surface area contributed by atoms with Crippen molar-refractivity contribution in [2.75, 3.05) is 13.2 Å². The molecular weight excluding hydrogens is 444 g/mol. The van der Waals surface area contributed by atoms with E-state index in [0.29, 0.717) is 18.7 Å². The number of carboxylic acids is 1. The van der Waals surface area contributed by atoms with E-state index in [1.165, 1.54) is 29.7 Å². The Labute approximate surface area is 178 Å². The van der Waals surface area contributed by atoms with Crippen LogP contribution in [0.3, 0.4) is 0 Å². The van der Waals surface area contributed by atoms with Crippen molar-refractivity contribution in [3.8, 4) is 5.88 Å². The Kier molecular flexibility index (Phi) is 7.11. The monoisotopic (exact) mass is 462 g/mol. The number of aliphatic carboxylic acids is 1. The summed E-state index contributed by atoms with van der Waals surface area (Å²) < 4.78 is 57.3. The molecule has 3 atom stereocenters. The number of pyridine rings is 1. The molecule has 0 aromatic carbocycles. The number of rotatable bonds is 3. The molecule has 2 aromatic rings. The minimum absolute atomic E-state index is 0.0255. The molecule has 1 aliphatic heterocycles. The van der Waals surface area contributed by atoms with Crippen molar-refractivity contribution >= 4 is 23.2 Å². The van der Waals surface area contributed by atoms with Gasteiger partial charge in [0, 0.05) is 18.1 Å². The summed E-state index contributed by atoms with van der Waals surface area (Å²) in [5, 5.41) is 10.9. The maximum Gasteiger partial charge on any atom is 0.490 e. The molecule has 2 fully saturated rings. The van der Waals surface area contributed by atoms with Crippen LogP contribution in [-0.4, -0.2) is 64.4 Å². The SMILES string of the molecule is O=C(O)C(F)(F)F.O=C(c1ccsc1)N1CCOC2CCC1C2Oc1ncccc1F. The number of carbonyl (C=O) groups excluding carboxylic acids is 1. The van der Waals surface area contributed by atoms with Gasteiger partial charge in [-0.05, 0) is 36.4 Å². The van der Waals surface area contributed by atoms with Crippen molar-refractivity contribution < 1.29 is 41.7 Å². The molecule has 4 rings (SSSR count). The Bertz CT molecular complexity index is 909. The van der Waals surface area contributed by atoms with Crippen molar-refractivity contribution in [2.45, 2.75) is 37.3 Å². The molecule has 31 heavy (non-hydrogen) atoms. The van der Waals surface area contributed by atoms with E-state index in [9.17, 15) is 22.4 Å². The van der Waals surface area contributed by atoms with Crippen LogP contribution in [0.15, 0.2) is 35.2 Å². The smallest absolute Gasteiger partial charge is 0.475 e. The van der Waals surface area contributed by atoms with Crippen molar-refractivity contribution in [1.82, 2.24) is 9.88 Å². The fourth-order valence-corrected chi connectivity index (χ4v) is 4.07. The van der Waals surface area contributed by atoms with Crippen LogP contribution in [-0.2, 0) is 9.53 Å². The Hall–Kier alpha value is -2.73. The van der Waals surface area contributed by atoms with Gasteiger partial charge in [0.05, 0.1) is 24.3 Å². The van der Waals surface area contributed by atoms with Gasteiger partial charge >= 0.3 is 12.1 Å². The molecule has 3 heterocycles. The molecule has 0 spiro atoms. The maximum atomic E-state index is 13.9. The van der Waals surface area contributed by atoms with Gasteiger partial charge in [0.25, 0.3) is 11.8 Å². The van der Waals surface area contributed by atoms with Crippen LogP contribution < -0.4 is 4.74 Å². The van der Waals surface area contributed by atoms with Crippen molar-refractivity contribution in [3.63, 3.8) is 0 Å². The molecule has 1 aliphatic carbocycles. The number of hydrogen-bond acceptors (Lipinski definition) is 6. The van der Waals surface area contributed by atoms with Crippen LogP contribution in [0.25, 0.3) is 0 Å². The number of alkyl halides is 3. The standard InChI is InChI=1S/C17H17FN2O3S.C2HF3O2/c18-12-2-1-6-19-16(12)23-15-13-3-4-14(15)22-8-7-20(13)17(21)11-5-9-24-10-11;3-2(4,5)1(6)7/h1-2,5-6,9-10,13-15H,3-4,7-8H2;(H,6,7). The van der Waals surface area contributed by atoms with E-state index >= 15 is 0 Å². The third-order valence-corrected chi connectivity index (χ3v) is 5.48. The molecule has 1 saturated carbocycles. The number of ether oxygens (including phenoxy) is 2. The van der Waals surface area contributed by atoms with Crippen LogP contribution in [0.5, 0.6) is 5.88 Å². The van der Waals surface area contributed by atoms with Gasteiger partial charge in [0.1, 0.15) is 6.10 Å². The lowest BCUT2D eigenvalue weighted by molar-refractivity contribution is -0.192. The van der Waals surface area contributed by atoms with E-state index in [2.05, 4.69) is 4.98 Å². The first-order valence-electron chi connectivity index (χ1n) is 9.20. The van der Waals surface area contributed by atoms with Crippen LogP contribution in [0.2, 0.25) is 0 Å². The highest BCUT2D eigenvalue weighted by molar-refractivity contribution is 7.08. The lowest BCUT2D eigenvalue weighted by atomic mass is 10.1. The van der Waals surface area contributed by atoms with E-state index in [1.54, 1.807) is 4.90 Å². The first-order valence-corrected chi connectivity index (χ1v) is 10.1. The molecular formula is C19H18F4N2O5S. The number of aromatic nitrogens is 1. The molecule has 1 amide bonds. The second-order valence-electron chi connectivity index (χ2n) is 6.74. The van der Waals surface area contributed by atoms with Gasteiger partial charge in [-0.3, -0.25) is 4.79 Å². The number of nitrogens with zero attached hydrogens (tertiary/aromatic N) is 2. The zero-order valence-corrected chi connectivity index (χ0v) is 16.7. The Morgan fingerprint density at radius 2 is 2.03 bits per heavy atom. The number of fused-ring (bicyclic) bond motifs is 2. The number of halogens is 4. The van der Waals surface area contributed by atoms with Crippen LogP contribution in [0, 0.1) is 5.82 Å². The third kappa shape index (κ3) is 5.50. The number of carbonyl (C=O) groups is 2. The van der Waals surface area contributed by atoms with Crippen LogP contribution in [0.1, 0.15) is 23.2 Å². The molecule has 2 bridgehead atoms. The van der Waals surface area contributed by atoms with Gasteiger partial charge in [-0.15, -0.1) is 0 Å². The predicted octanol–water partition coefficient (Wildman–Crippen LogP) is 3.37. The minimum Gasteiger partial charge on any atom is -0.475 e. The first kappa shape index (κ1) is 22.9. The van der Waals surface area contributed by atoms with Gasteiger partial charge < -0.3 is 19.5 Å². The van der Waals surface area contributed by atoms with E-state index in [1.807, 2.05) is 16.8 Å². The number of hydrogen-bond donors (Lipinski definition) is 1. The van der Waals surface area contributed by atoms with E-state index < -0.39 is 24.1 Å². The molecule has 1 saturated heterocycles. The van der Waals surface area contributed by atoms with Gasteiger partial charge in [-0.2, -0.15) is 24.5 Å². The lowest BCUT2D eigenvalue weighted by Crippen LogP contribution is -2.47. The molecule has 2 aromatic heterocycles. The lowest BCUT2D eigenvalue weighted by Gasteiger charge is -2.31. The van der Waals surface area contributed by atoms with Crippen LogP contribution in [0.4, 0.5) is 17.6 Å². The first-order chi connectivity index (χ1) is 14.7. The largest absolute Gasteiger partial charge is 0.490 e. The normalized spacial score (nSPS) is 22.8. The average Bonchev–Trinajstić information content (AvgIpc) is 3.32. The second kappa shape index (κ2) is 9.60. The summed E-state index contributed by atoms with van der Waals surface area (Å²) >= 11 is 1.49. The van der Waals surface area contributed by atoms with E-state index in [-0.39, 0.29) is 23.9 Å². The van der Waals surface area contributed by atoms with Crippen molar-refractivity contribution in [1.29, 1.82) is 0 Å². The summed E-state index contributed by atoms with van der Waals surface area (Å²) in [5.41, 5.74) is 0.674. The number of amides is 1. The summed E-state index contributed by atoms with van der Waals surface area (Å²) in [6.07, 6.45) is -2.57. The number of carboxylic acid groups (broad SMARTS) is 1. The molecule has 12 heteroatoms. The Morgan fingerprint density at radius 3 is 2.65 bits per heavy atom. The highest BCUT2D eigenvalue weighted by atomic mass is 32.1. The second-order valence-corrected chi connectivity index (χ2v) is 7.52. The highest BCUT2D eigenvalue weighted by Crippen LogP contribution is 2.34. The topological polar surface area (TPSA) is 89.0 Å². The zero-order chi connectivity index (χ0) is 22.6. The minimum atomic E-state index is -5.08. The van der Waals surface area contributed by atoms with Crippen molar-refractivity contribution in [3.05, 3.63) is 46.5 Å². The molecule has 1 N–H and O–H groups in total. The summed E-state index contributed by atoms with van der Waals surface area (Å²) in [6.45, 7) is 0.974. The van der Waals surface area contributed by atoms with Gasteiger partial charge in [-0.1, -0.05) is 0 Å². The van der Waals surface area contributed by atoms with Crippen LogP contribution >= 0.6 is 11.3 Å². The summed E-state index contributed by atoms with van der Waals surface area (Å²) in [5.74, 6) is -3.32. The summed E-state index contributed by atoms with van der Waals surface area (Å²) in [6, 6.07) is 4.52. The molecule has 2 aliphatic rings. The molecule has 0 radical (unpaired) electrons. The predicted molar refractivity (Wildman–Crippen MR) is 100 cm³/mol. The summed E-state index contributed by atoms with van der Waals surface area (Å²) in [7, 11) is 0. The van der Waals surface area contributed by atoms with Gasteiger partial charge in [0.2, 0.25) is 0 Å². The maximum absolute atomic E-state index is 13.9. The fraction of sp³-hybridized carbons (Fsp3) is 0.421. The molecule has 3 unspecified atom stereocenters. The van der Waals surface area contributed by atoms with Gasteiger partial charge in [0.15, 0.2) is 5.82 Å². The Morgan fingerprint density at radius 1 is 1.29 bits per heavy atom. The molecule has 7 nitrogen and oxygen atoms in total. The molecule has 168 valence electrons. The third-order valence-electron chi connectivity index (χ3n) is 4.80. The highest BCUT2D eigenvalue weighted by Gasteiger charge is 2.46.